The van der Waals surface area contributed by atoms with Crippen molar-refractivity contribution >= 4 is 17.1 Å². The van der Waals surface area contributed by atoms with Crippen LogP contribution in [0.4, 0.5) is 17.1 Å². The normalized spacial score (nSPS) is 15.1. The molecule has 2 N–H and O–H groups in total. The maximum Gasteiger partial charge on any atom is 0.315 e. The maximum absolute atomic E-state index is 11.3. The minimum atomic E-state index is -0.308. The van der Waals surface area contributed by atoms with Crippen molar-refractivity contribution in [3.8, 4) is 0 Å². The van der Waals surface area contributed by atoms with E-state index in [1.807, 2.05) is 13.0 Å². The molecule has 116 valence electrons. The summed E-state index contributed by atoms with van der Waals surface area (Å²) in [4.78, 5) is 11.0. The lowest BCUT2D eigenvalue weighted by Gasteiger charge is -2.12. The largest absolute Gasteiger partial charge is 0.380 e. The molecule has 21 heavy (non-hydrogen) atoms. The molecule has 0 amide bonds. The van der Waals surface area contributed by atoms with Gasteiger partial charge in [0.05, 0.1) is 4.92 Å². The summed E-state index contributed by atoms with van der Waals surface area (Å²) in [5.41, 5.74) is 1.35. The zero-order valence-corrected chi connectivity index (χ0v) is 12.7. The van der Waals surface area contributed by atoms with Gasteiger partial charge in [-0.3, -0.25) is 10.1 Å². The van der Waals surface area contributed by atoms with Gasteiger partial charge in [-0.15, -0.1) is 0 Å². The van der Waals surface area contributed by atoms with Crippen LogP contribution in [-0.2, 0) is 0 Å². The van der Waals surface area contributed by atoms with Gasteiger partial charge >= 0.3 is 5.69 Å². The van der Waals surface area contributed by atoms with Gasteiger partial charge in [0.25, 0.3) is 0 Å². The summed E-state index contributed by atoms with van der Waals surface area (Å²) in [6.45, 7) is 3.41. The first-order valence-corrected chi connectivity index (χ1v) is 7.97. The predicted octanol–water partition coefficient (Wildman–Crippen LogP) is 4.41. The second kappa shape index (κ2) is 7.86. The number of hydrogen-bond donors (Lipinski definition) is 2. The van der Waals surface area contributed by atoms with Gasteiger partial charge in [0.1, 0.15) is 11.4 Å². The van der Waals surface area contributed by atoms with E-state index < -0.39 is 0 Å². The second-order valence-corrected chi connectivity index (χ2v) is 5.71. The van der Waals surface area contributed by atoms with Crippen LogP contribution in [0.2, 0.25) is 0 Å². The molecule has 0 aliphatic heterocycles. The van der Waals surface area contributed by atoms with E-state index in [2.05, 4.69) is 10.6 Å². The zero-order valence-electron chi connectivity index (χ0n) is 12.7. The lowest BCUT2D eigenvalue weighted by molar-refractivity contribution is -0.383. The van der Waals surface area contributed by atoms with E-state index in [1.54, 1.807) is 12.1 Å². The molecular weight excluding hydrogens is 266 g/mol. The molecule has 0 unspecified atom stereocenters. The molecule has 1 aromatic rings. The Morgan fingerprint density at radius 3 is 2.52 bits per heavy atom. The third-order valence-corrected chi connectivity index (χ3v) is 4.17. The molecule has 1 aromatic carbocycles. The van der Waals surface area contributed by atoms with Gasteiger partial charge in [-0.1, -0.05) is 31.7 Å². The molecule has 5 nitrogen and oxygen atoms in total. The number of benzene rings is 1. The summed E-state index contributed by atoms with van der Waals surface area (Å²) < 4.78 is 0. The number of anilines is 2. The van der Waals surface area contributed by atoms with E-state index in [-0.39, 0.29) is 10.6 Å². The van der Waals surface area contributed by atoms with Crippen LogP contribution in [0.15, 0.2) is 18.2 Å². The highest BCUT2D eigenvalue weighted by Gasteiger charge is 2.19. The number of nitro groups is 1. The number of rotatable bonds is 8. The molecule has 1 fully saturated rings. The average Bonchev–Trinajstić information content (AvgIpc) is 2.97. The highest BCUT2D eigenvalue weighted by atomic mass is 16.6. The number of para-hydroxylation sites is 1. The fraction of sp³-hybridized carbons (Fsp3) is 0.625. The van der Waals surface area contributed by atoms with Crippen molar-refractivity contribution in [2.24, 2.45) is 5.92 Å². The van der Waals surface area contributed by atoms with Gasteiger partial charge in [-0.05, 0) is 37.8 Å². The van der Waals surface area contributed by atoms with Gasteiger partial charge in [-0.25, -0.2) is 0 Å². The molecule has 1 saturated carbocycles. The predicted molar refractivity (Wildman–Crippen MR) is 86.9 cm³/mol. The van der Waals surface area contributed by atoms with Crippen LogP contribution in [-0.4, -0.2) is 18.0 Å². The maximum atomic E-state index is 11.3. The van der Waals surface area contributed by atoms with E-state index in [4.69, 9.17) is 0 Å². The van der Waals surface area contributed by atoms with Crippen molar-refractivity contribution < 1.29 is 4.92 Å². The minimum absolute atomic E-state index is 0.153. The van der Waals surface area contributed by atoms with Crippen molar-refractivity contribution in [3.05, 3.63) is 28.3 Å². The lowest BCUT2D eigenvalue weighted by atomic mass is 10.0. The van der Waals surface area contributed by atoms with Crippen molar-refractivity contribution in [2.45, 2.75) is 45.4 Å². The monoisotopic (exact) mass is 291 g/mol. The van der Waals surface area contributed by atoms with E-state index >= 15 is 0 Å². The third-order valence-electron chi connectivity index (χ3n) is 4.17. The van der Waals surface area contributed by atoms with E-state index in [9.17, 15) is 10.1 Å². The van der Waals surface area contributed by atoms with Crippen LogP contribution >= 0.6 is 0 Å². The van der Waals surface area contributed by atoms with Crippen LogP contribution in [0, 0.1) is 16.0 Å². The molecule has 0 radical (unpaired) electrons. The number of hydrogen-bond acceptors (Lipinski definition) is 4. The topological polar surface area (TPSA) is 67.2 Å². The van der Waals surface area contributed by atoms with Gasteiger partial charge in [0.2, 0.25) is 0 Å². The molecule has 0 spiro atoms. The summed E-state index contributed by atoms with van der Waals surface area (Å²) in [6, 6.07) is 5.39. The minimum Gasteiger partial charge on any atom is -0.380 e. The molecule has 0 saturated heterocycles. The molecule has 0 heterocycles. The Morgan fingerprint density at radius 1 is 1.24 bits per heavy atom. The van der Waals surface area contributed by atoms with Gasteiger partial charge < -0.3 is 10.6 Å². The molecule has 1 aliphatic carbocycles. The first-order valence-electron chi connectivity index (χ1n) is 7.97. The van der Waals surface area contributed by atoms with Crippen LogP contribution in [0.25, 0.3) is 0 Å². The first kappa shape index (κ1) is 15.6. The van der Waals surface area contributed by atoms with Crippen LogP contribution in [0.5, 0.6) is 0 Å². The summed E-state index contributed by atoms with van der Waals surface area (Å²) in [5, 5.41) is 17.6. The summed E-state index contributed by atoms with van der Waals surface area (Å²) in [5.74, 6) is 0.870. The smallest absolute Gasteiger partial charge is 0.315 e. The summed E-state index contributed by atoms with van der Waals surface area (Å²) >= 11 is 0. The van der Waals surface area contributed by atoms with E-state index in [0.29, 0.717) is 17.9 Å². The summed E-state index contributed by atoms with van der Waals surface area (Å²) in [7, 11) is 0. The van der Waals surface area contributed by atoms with Crippen molar-refractivity contribution in [1.29, 1.82) is 0 Å². The van der Waals surface area contributed by atoms with Crippen LogP contribution in [0.1, 0.15) is 45.4 Å². The van der Waals surface area contributed by atoms with Crippen molar-refractivity contribution in [1.82, 2.24) is 0 Å². The van der Waals surface area contributed by atoms with Gasteiger partial charge in [0, 0.05) is 13.1 Å². The van der Waals surface area contributed by atoms with Crippen LogP contribution < -0.4 is 10.6 Å². The van der Waals surface area contributed by atoms with E-state index in [1.165, 1.54) is 32.1 Å². The third kappa shape index (κ3) is 4.34. The Hall–Kier alpha value is -1.78. The Morgan fingerprint density at radius 2 is 1.90 bits per heavy atom. The second-order valence-electron chi connectivity index (χ2n) is 5.71. The average molecular weight is 291 g/mol. The molecule has 1 aliphatic rings. The molecule has 5 heteroatoms. The van der Waals surface area contributed by atoms with Crippen LogP contribution in [0.3, 0.4) is 0 Å². The fourth-order valence-electron chi connectivity index (χ4n) is 3.13. The summed E-state index contributed by atoms with van der Waals surface area (Å²) in [6.07, 6.45) is 7.76. The van der Waals surface area contributed by atoms with Crippen molar-refractivity contribution in [3.63, 3.8) is 0 Å². The lowest BCUT2D eigenvalue weighted by Crippen LogP contribution is -2.08. The Balaban J connectivity index is 1.92. The first-order chi connectivity index (χ1) is 10.2. The Kier molecular flexibility index (Phi) is 5.84. The molecule has 0 aromatic heterocycles. The van der Waals surface area contributed by atoms with Gasteiger partial charge in [-0.2, -0.15) is 0 Å². The fourth-order valence-corrected chi connectivity index (χ4v) is 3.13. The molecular formula is C16H25N3O2. The number of nitrogens with one attached hydrogen (secondary N) is 2. The Bertz CT molecular complexity index is 471. The quantitative estimate of drug-likeness (QED) is 0.423. The van der Waals surface area contributed by atoms with E-state index in [0.717, 1.165) is 18.9 Å². The molecule has 0 bridgehead atoms. The van der Waals surface area contributed by atoms with Crippen molar-refractivity contribution in [2.75, 3.05) is 23.7 Å². The molecule has 0 atom stereocenters. The molecule has 2 rings (SSSR count). The Labute approximate surface area is 126 Å². The standard InChI is InChI=1S/C16H25N3O2/c1-2-17-14-10-5-11-15(16(14)19(20)21)18-12-6-9-13-7-3-4-8-13/h5,10-11,13,17-18H,2-4,6-9,12H2,1H3. The highest BCUT2D eigenvalue weighted by Crippen LogP contribution is 2.33. The number of nitro benzene ring substituents is 1. The van der Waals surface area contributed by atoms with Gasteiger partial charge in [0.15, 0.2) is 0 Å². The SMILES string of the molecule is CCNc1cccc(NCCCC2CCCC2)c1[N+](=O)[O-]. The highest BCUT2D eigenvalue weighted by molar-refractivity contribution is 5.76. The zero-order chi connectivity index (χ0) is 15.1. The number of nitrogens with zero attached hydrogens (tertiary/aromatic N) is 1.